The fourth-order valence-corrected chi connectivity index (χ4v) is 0.287. The zero-order valence-electron chi connectivity index (χ0n) is 3.85. The minimum atomic E-state index is -1.82. The molecule has 2 atom stereocenters. The van der Waals surface area contributed by atoms with Crippen molar-refractivity contribution in [3.05, 3.63) is 0 Å². The molecule has 0 heterocycles. The van der Waals surface area contributed by atoms with E-state index in [1.165, 1.54) is 6.66 Å². The fraction of sp³-hybridized carbons (Fsp3) is 0.667. The molecule has 0 aromatic rings. The topological polar surface area (TPSA) is 34.1 Å². The lowest BCUT2D eigenvalue weighted by Crippen LogP contribution is -1.89. The third-order valence-corrected chi connectivity index (χ3v) is 2.45. The van der Waals surface area contributed by atoms with Gasteiger partial charge in [-0.1, -0.05) is 0 Å². The molecule has 4 heteroatoms. The van der Waals surface area contributed by atoms with Crippen LogP contribution in [0.2, 0.25) is 0 Å². The molecule has 0 bridgehead atoms. The first-order chi connectivity index (χ1) is 3.18. The Hall–Kier alpha value is 0.190. The molecule has 0 radical (unpaired) electrons. The van der Waals surface area contributed by atoms with Gasteiger partial charge in [0.15, 0.2) is 0 Å². The maximum Gasteiger partial charge on any atom is 0.145 e. The molecule has 0 aliphatic carbocycles. The van der Waals surface area contributed by atoms with Gasteiger partial charge in [0.25, 0.3) is 0 Å². The Balaban J connectivity index is 3.55. The van der Waals surface area contributed by atoms with Crippen molar-refractivity contribution in [2.24, 2.45) is 0 Å². The SMILES string of the molecule is C[PH](=O)C(Cl)C=O. The van der Waals surface area contributed by atoms with Gasteiger partial charge in [-0.05, 0) is 6.66 Å². The second-order valence-corrected chi connectivity index (χ2v) is 3.83. The average molecular weight is 141 g/mol. The molecule has 0 aliphatic rings. The van der Waals surface area contributed by atoms with Gasteiger partial charge in [-0.2, -0.15) is 0 Å². The van der Waals surface area contributed by atoms with Gasteiger partial charge in [0.1, 0.15) is 11.4 Å². The summed E-state index contributed by atoms with van der Waals surface area (Å²) in [6.45, 7) is 1.46. The van der Waals surface area contributed by atoms with E-state index in [0.29, 0.717) is 6.29 Å². The normalized spacial score (nSPS) is 18.0. The second kappa shape index (κ2) is 3.23. The summed E-state index contributed by atoms with van der Waals surface area (Å²) in [6.07, 6.45) is 0.489. The first-order valence-electron chi connectivity index (χ1n) is 1.78. The van der Waals surface area contributed by atoms with E-state index in [-0.39, 0.29) is 0 Å². The Bertz CT molecular complexity index is 92.9. The van der Waals surface area contributed by atoms with Crippen LogP contribution in [0.1, 0.15) is 0 Å². The van der Waals surface area contributed by atoms with E-state index < -0.39 is 12.9 Å². The summed E-state index contributed by atoms with van der Waals surface area (Å²) in [5.41, 5.74) is 0. The van der Waals surface area contributed by atoms with Crippen LogP contribution in [0.5, 0.6) is 0 Å². The molecule has 0 N–H and O–H groups in total. The summed E-state index contributed by atoms with van der Waals surface area (Å²) in [4.78, 5) is 9.64. The number of halogens is 1. The van der Waals surface area contributed by atoms with Gasteiger partial charge in [-0.25, -0.2) is 0 Å². The lowest BCUT2D eigenvalue weighted by atomic mass is 10.9. The summed E-state index contributed by atoms with van der Waals surface area (Å²) in [5.74, 6) is 0. The van der Waals surface area contributed by atoms with E-state index in [9.17, 15) is 9.36 Å². The van der Waals surface area contributed by atoms with E-state index in [2.05, 4.69) is 0 Å². The molecule has 0 amide bonds. The molecule has 42 valence electrons. The van der Waals surface area contributed by atoms with Crippen molar-refractivity contribution in [3.63, 3.8) is 0 Å². The van der Waals surface area contributed by atoms with E-state index in [1.807, 2.05) is 0 Å². The molecule has 0 aliphatic heterocycles. The minimum Gasteiger partial charge on any atom is -0.325 e. The van der Waals surface area contributed by atoms with Gasteiger partial charge in [0.2, 0.25) is 0 Å². The van der Waals surface area contributed by atoms with Gasteiger partial charge < -0.3 is 9.36 Å². The zero-order valence-corrected chi connectivity index (χ0v) is 5.61. The monoisotopic (exact) mass is 140 g/mol. The second-order valence-electron chi connectivity index (χ2n) is 1.15. The third kappa shape index (κ3) is 2.84. The van der Waals surface area contributed by atoms with Crippen molar-refractivity contribution in [1.29, 1.82) is 0 Å². The van der Waals surface area contributed by atoms with Crippen LogP contribution in [0.25, 0.3) is 0 Å². The standard InChI is InChI=1S/C3H6ClO2P/c1-7(6)3(4)2-5/h2-3,7H,1H3. The fourth-order valence-electron chi connectivity index (χ4n) is 0.0958. The Morgan fingerprint density at radius 1 is 1.86 bits per heavy atom. The molecular weight excluding hydrogens is 134 g/mol. The summed E-state index contributed by atoms with van der Waals surface area (Å²) >= 11 is 5.16. The largest absolute Gasteiger partial charge is 0.325 e. The first-order valence-corrected chi connectivity index (χ1v) is 4.20. The Kier molecular flexibility index (Phi) is 3.31. The molecule has 2 unspecified atom stereocenters. The number of alkyl halides is 1. The van der Waals surface area contributed by atoms with Crippen LogP contribution in [0.4, 0.5) is 0 Å². The van der Waals surface area contributed by atoms with Crippen LogP contribution >= 0.6 is 19.4 Å². The highest BCUT2D eigenvalue weighted by Gasteiger charge is 2.03. The van der Waals surface area contributed by atoms with Crippen LogP contribution in [0.15, 0.2) is 0 Å². The quantitative estimate of drug-likeness (QED) is 0.325. The molecular formula is C3H6ClO2P. The van der Waals surface area contributed by atoms with Gasteiger partial charge in [-0.15, -0.1) is 11.6 Å². The van der Waals surface area contributed by atoms with Crippen molar-refractivity contribution in [2.45, 2.75) is 5.12 Å². The van der Waals surface area contributed by atoms with E-state index >= 15 is 0 Å². The Labute approximate surface area is 47.6 Å². The number of hydrogen-bond donors (Lipinski definition) is 0. The third-order valence-electron chi connectivity index (χ3n) is 0.508. The Morgan fingerprint density at radius 3 is 2.29 bits per heavy atom. The van der Waals surface area contributed by atoms with Crippen molar-refractivity contribution >= 4 is 25.7 Å². The number of hydrogen-bond acceptors (Lipinski definition) is 2. The molecule has 7 heavy (non-hydrogen) atoms. The number of carbonyl (C=O) groups excluding carboxylic acids is 1. The summed E-state index contributed by atoms with van der Waals surface area (Å²) in [7, 11) is -1.82. The van der Waals surface area contributed by atoms with E-state index in [0.717, 1.165) is 0 Å². The minimum absolute atomic E-state index is 0.489. The Morgan fingerprint density at radius 2 is 2.29 bits per heavy atom. The molecule has 0 rings (SSSR count). The maximum atomic E-state index is 10.2. The molecule has 0 spiro atoms. The van der Waals surface area contributed by atoms with Crippen LogP contribution in [0, 0.1) is 0 Å². The predicted molar refractivity (Wildman–Crippen MR) is 30.6 cm³/mol. The molecule has 0 saturated heterocycles. The van der Waals surface area contributed by atoms with Crippen LogP contribution < -0.4 is 0 Å². The molecule has 0 aromatic carbocycles. The maximum absolute atomic E-state index is 10.2. The molecule has 0 saturated carbocycles. The average Bonchev–Trinajstić information content (AvgIpc) is 1.65. The molecule has 0 fully saturated rings. The van der Waals surface area contributed by atoms with Crippen LogP contribution in [0.3, 0.4) is 0 Å². The molecule has 0 aromatic heterocycles. The zero-order chi connectivity index (χ0) is 5.86. The summed E-state index contributed by atoms with van der Waals surface area (Å²) < 4.78 is 10.2. The summed E-state index contributed by atoms with van der Waals surface area (Å²) in [6, 6.07) is 0. The van der Waals surface area contributed by atoms with Crippen molar-refractivity contribution in [3.8, 4) is 0 Å². The smallest absolute Gasteiger partial charge is 0.145 e. The summed E-state index contributed by atoms with van der Waals surface area (Å²) in [5, 5.41) is -0.759. The highest BCUT2D eigenvalue weighted by Crippen LogP contribution is 2.23. The van der Waals surface area contributed by atoms with Crippen LogP contribution in [-0.2, 0) is 9.36 Å². The van der Waals surface area contributed by atoms with Gasteiger partial charge in [0, 0.05) is 0 Å². The van der Waals surface area contributed by atoms with Gasteiger partial charge >= 0.3 is 0 Å². The van der Waals surface area contributed by atoms with Crippen molar-refractivity contribution in [2.75, 3.05) is 6.66 Å². The van der Waals surface area contributed by atoms with Crippen molar-refractivity contribution < 1.29 is 9.36 Å². The first kappa shape index (κ1) is 7.19. The number of carbonyl (C=O) groups is 1. The lowest BCUT2D eigenvalue weighted by molar-refractivity contribution is -0.106. The van der Waals surface area contributed by atoms with Crippen molar-refractivity contribution in [1.82, 2.24) is 0 Å². The number of rotatable bonds is 2. The van der Waals surface area contributed by atoms with E-state index in [1.54, 1.807) is 0 Å². The highest BCUT2D eigenvalue weighted by molar-refractivity contribution is 7.48. The van der Waals surface area contributed by atoms with E-state index in [4.69, 9.17) is 11.6 Å². The highest BCUT2D eigenvalue weighted by atomic mass is 35.5. The molecule has 2 nitrogen and oxygen atoms in total. The van der Waals surface area contributed by atoms with Gasteiger partial charge in [-0.3, -0.25) is 0 Å². The van der Waals surface area contributed by atoms with Gasteiger partial charge in [0.05, 0.1) is 7.80 Å². The number of aldehydes is 1. The predicted octanol–water partition coefficient (Wildman–Crippen LogP) is 0.940. The van der Waals surface area contributed by atoms with Crippen LogP contribution in [-0.4, -0.2) is 18.1 Å². The lowest BCUT2D eigenvalue weighted by Gasteiger charge is -1.89.